The van der Waals surface area contributed by atoms with E-state index < -0.39 is 0 Å². The zero-order chi connectivity index (χ0) is 16.6. The molecule has 0 atom stereocenters. The molecule has 0 radical (unpaired) electrons. The lowest BCUT2D eigenvalue weighted by atomic mass is 10.2. The van der Waals surface area contributed by atoms with Crippen LogP contribution in [0.25, 0.3) is 0 Å². The molecule has 0 saturated heterocycles. The smallest absolute Gasteiger partial charge is 0.234 e. The Morgan fingerprint density at radius 1 is 1.04 bits per heavy atom. The fourth-order valence-electron chi connectivity index (χ4n) is 2.49. The lowest BCUT2D eigenvalue weighted by molar-refractivity contribution is -0.122. The first-order chi connectivity index (χ1) is 11.8. The van der Waals surface area contributed by atoms with Crippen LogP contribution in [0.2, 0.25) is 0 Å². The fourth-order valence-corrected chi connectivity index (χ4v) is 3.13. The number of carbonyl (C=O) groups is 1. The molecule has 0 aliphatic carbocycles. The van der Waals surface area contributed by atoms with Crippen molar-refractivity contribution < 1.29 is 9.21 Å². The number of carbonyl (C=O) groups excluding carboxylic acids is 1. The van der Waals surface area contributed by atoms with Gasteiger partial charge in [-0.2, -0.15) is 0 Å². The summed E-state index contributed by atoms with van der Waals surface area (Å²) in [5.41, 5.74) is 1.18. The summed E-state index contributed by atoms with van der Waals surface area (Å²) >= 11 is 1.65. The van der Waals surface area contributed by atoms with E-state index in [0.29, 0.717) is 26.2 Å². The summed E-state index contributed by atoms with van der Waals surface area (Å²) in [6, 6.07) is 18.0. The Kier molecular flexibility index (Phi) is 5.82. The molecule has 3 rings (SSSR count). The minimum absolute atomic E-state index is 0.0193. The number of nitrogens with zero attached hydrogens (tertiary/aromatic N) is 1. The monoisotopic (exact) mass is 340 g/mol. The van der Waals surface area contributed by atoms with Gasteiger partial charge < -0.3 is 9.73 Å². The van der Waals surface area contributed by atoms with E-state index in [0.717, 1.165) is 10.6 Å². The first-order valence-corrected chi connectivity index (χ1v) is 8.75. The Morgan fingerprint density at radius 3 is 2.62 bits per heavy atom. The maximum Gasteiger partial charge on any atom is 0.234 e. The van der Waals surface area contributed by atoms with Gasteiger partial charge in [-0.1, -0.05) is 36.4 Å². The van der Waals surface area contributed by atoms with E-state index in [9.17, 15) is 4.79 Å². The quantitative estimate of drug-likeness (QED) is 0.681. The van der Waals surface area contributed by atoms with E-state index in [2.05, 4.69) is 22.3 Å². The van der Waals surface area contributed by atoms with Crippen LogP contribution < -0.4 is 5.32 Å². The maximum atomic E-state index is 12.3. The Morgan fingerprint density at radius 2 is 1.92 bits per heavy atom. The Balaban J connectivity index is 1.59. The molecule has 4 nitrogen and oxygen atoms in total. The van der Waals surface area contributed by atoms with E-state index in [1.165, 1.54) is 5.56 Å². The summed E-state index contributed by atoms with van der Waals surface area (Å²) in [5, 5.41) is 4.99. The predicted molar refractivity (Wildman–Crippen MR) is 95.4 cm³/mol. The second-order valence-corrected chi connectivity index (χ2v) is 6.60. The van der Waals surface area contributed by atoms with Crippen molar-refractivity contribution in [1.29, 1.82) is 0 Å². The standard InChI is InChI=1S/C19H20N2O2S/c22-19(20-12-18-9-5-11-24-18)15-21(14-17-8-4-10-23-17)13-16-6-2-1-3-7-16/h1-11H,12-15H2,(H,20,22). The second kappa shape index (κ2) is 8.47. The SMILES string of the molecule is O=C(CN(Cc1ccccc1)Cc1ccco1)NCc1cccs1. The molecular formula is C19H20N2O2S. The van der Waals surface area contributed by atoms with Crippen molar-refractivity contribution in [3.8, 4) is 0 Å². The van der Waals surface area contributed by atoms with Crippen LogP contribution in [0.3, 0.4) is 0 Å². The van der Waals surface area contributed by atoms with Crippen LogP contribution in [-0.4, -0.2) is 17.4 Å². The molecule has 0 spiro atoms. The van der Waals surface area contributed by atoms with Gasteiger partial charge in [0.15, 0.2) is 0 Å². The highest BCUT2D eigenvalue weighted by Gasteiger charge is 2.13. The average molecular weight is 340 g/mol. The third-order valence-electron chi connectivity index (χ3n) is 3.62. The van der Waals surface area contributed by atoms with Crippen LogP contribution in [0.5, 0.6) is 0 Å². The summed E-state index contributed by atoms with van der Waals surface area (Å²) in [6.07, 6.45) is 1.66. The molecule has 24 heavy (non-hydrogen) atoms. The highest BCUT2D eigenvalue weighted by Crippen LogP contribution is 2.11. The number of thiophene rings is 1. The molecule has 0 fully saturated rings. The van der Waals surface area contributed by atoms with Crippen LogP contribution >= 0.6 is 11.3 Å². The second-order valence-electron chi connectivity index (χ2n) is 5.57. The molecule has 2 aromatic heterocycles. The van der Waals surface area contributed by atoms with Crippen LogP contribution in [-0.2, 0) is 24.4 Å². The van der Waals surface area contributed by atoms with Crippen molar-refractivity contribution in [2.45, 2.75) is 19.6 Å². The molecule has 0 aliphatic heterocycles. The minimum atomic E-state index is 0.0193. The number of rotatable bonds is 8. The van der Waals surface area contributed by atoms with Gasteiger partial charge in [-0.3, -0.25) is 9.69 Å². The van der Waals surface area contributed by atoms with Gasteiger partial charge >= 0.3 is 0 Å². The van der Waals surface area contributed by atoms with Gasteiger partial charge in [0.05, 0.1) is 25.9 Å². The molecule has 0 bridgehead atoms. The molecular weight excluding hydrogens is 320 g/mol. The Bertz CT molecular complexity index is 724. The largest absolute Gasteiger partial charge is 0.468 e. The zero-order valence-electron chi connectivity index (χ0n) is 13.4. The third-order valence-corrected chi connectivity index (χ3v) is 4.49. The van der Waals surface area contributed by atoms with Crippen LogP contribution in [0.1, 0.15) is 16.2 Å². The summed E-state index contributed by atoms with van der Waals surface area (Å²) in [5.74, 6) is 0.878. The van der Waals surface area contributed by atoms with Gasteiger partial charge in [-0.15, -0.1) is 11.3 Å². The van der Waals surface area contributed by atoms with E-state index in [-0.39, 0.29) is 5.91 Å². The third kappa shape index (κ3) is 5.08. The molecule has 0 aliphatic rings. The van der Waals surface area contributed by atoms with Gasteiger partial charge in [0.25, 0.3) is 0 Å². The van der Waals surface area contributed by atoms with Crippen molar-refractivity contribution in [1.82, 2.24) is 10.2 Å². The molecule has 2 heterocycles. The normalized spacial score (nSPS) is 10.9. The zero-order valence-corrected chi connectivity index (χ0v) is 14.2. The number of nitrogens with one attached hydrogen (secondary N) is 1. The van der Waals surface area contributed by atoms with Crippen molar-refractivity contribution in [3.05, 3.63) is 82.4 Å². The first kappa shape index (κ1) is 16.5. The summed E-state index contributed by atoms with van der Waals surface area (Å²) in [6.45, 7) is 2.22. The average Bonchev–Trinajstić information content (AvgIpc) is 3.27. The topological polar surface area (TPSA) is 45.5 Å². The van der Waals surface area contributed by atoms with Crippen LogP contribution in [0, 0.1) is 0 Å². The summed E-state index contributed by atoms with van der Waals surface area (Å²) in [4.78, 5) is 15.5. The van der Waals surface area contributed by atoms with Crippen molar-refractivity contribution in [2.75, 3.05) is 6.54 Å². The lowest BCUT2D eigenvalue weighted by Crippen LogP contribution is -2.36. The molecule has 1 N–H and O–H groups in total. The van der Waals surface area contributed by atoms with Crippen molar-refractivity contribution in [3.63, 3.8) is 0 Å². The van der Waals surface area contributed by atoms with E-state index in [1.807, 2.05) is 47.8 Å². The highest BCUT2D eigenvalue weighted by molar-refractivity contribution is 7.09. The van der Waals surface area contributed by atoms with Crippen molar-refractivity contribution >= 4 is 17.2 Å². The van der Waals surface area contributed by atoms with Gasteiger partial charge in [0.1, 0.15) is 5.76 Å². The molecule has 3 aromatic rings. The molecule has 0 unspecified atom stereocenters. The Hall–Kier alpha value is -2.37. The van der Waals surface area contributed by atoms with E-state index in [4.69, 9.17) is 4.42 Å². The molecule has 5 heteroatoms. The van der Waals surface area contributed by atoms with E-state index >= 15 is 0 Å². The number of benzene rings is 1. The van der Waals surface area contributed by atoms with Gasteiger partial charge in [0, 0.05) is 11.4 Å². The molecule has 0 saturated carbocycles. The lowest BCUT2D eigenvalue weighted by Gasteiger charge is -2.20. The molecule has 1 aromatic carbocycles. The maximum absolute atomic E-state index is 12.3. The predicted octanol–water partition coefficient (Wildman–Crippen LogP) is 3.66. The van der Waals surface area contributed by atoms with E-state index in [1.54, 1.807) is 17.6 Å². The number of hydrogen-bond donors (Lipinski definition) is 1. The number of furan rings is 1. The number of amides is 1. The minimum Gasteiger partial charge on any atom is -0.468 e. The van der Waals surface area contributed by atoms with Crippen molar-refractivity contribution in [2.24, 2.45) is 0 Å². The highest BCUT2D eigenvalue weighted by atomic mass is 32.1. The summed E-state index contributed by atoms with van der Waals surface area (Å²) in [7, 11) is 0. The molecule has 124 valence electrons. The Labute approximate surface area is 145 Å². The number of hydrogen-bond acceptors (Lipinski definition) is 4. The van der Waals surface area contributed by atoms with Gasteiger partial charge in [-0.25, -0.2) is 0 Å². The van der Waals surface area contributed by atoms with Crippen LogP contribution in [0.15, 0.2) is 70.7 Å². The van der Waals surface area contributed by atoms with Gasteiger partial charge in [-0.05, 0) is 29.1 Å². The van der Waals surface area contributed by atoms with Gasteiger partial charge in [0.2, 0.25) is 5.91 Å². The fraction of sp³-hybridized carbons (Fsp3) is 0.211. The molecule has 1 amide bonds. The van der Waals surface area contributed by atoms with Crippen LogP contribution in [0.4, 0.5) is 0 Å². The summed E-state index contributed by atoms with van der Waals surface area (Å²) < 4.78 is 5.43. The first-order valence-electron chi connectivity index (χ1n) is 7.87.